The van der Waals surface area contributed by atoms with Crippen molar-refractivity contribution in [2.75, 3.05) is 46.3 Å². The molecule has 33 heavy (non-hydrogen) atoms. The number of aromatic nitrogens is 2. The highest BCUT2D eigenvalue weighted by atomic mass is 16.4. The van der Waals surface area contributed by atoms with Crippen LogP contribution in [-0.2, 0) is 0 Å². The number of hydrogen-bond donors (Lipinski definition) is 0. The van der Waals surface area contributed by atoms with Crippen LogP contribution in [0.25, 0.3) is 22.9 Å². The lowest BCUT2D eigenvalue weighted by atomic mass is 10.0. The molecule has 3 heterocycles. The lowest BCUT2D eigenvalue weighted by molar-refractivity contribution is 0.0452. The zero-order valence-corrected chi connectivity index (χ0v) is 19.4. The zero-order valence-electron chi connectivity index (χ0n) is 19.4. The molecule has 0 N–H and O–H groups in total. The highest BCUT2D eigenvalue weighted by molar-refractivity contribution is 5.94. The van der Waals surface area contributed by atoms with E-state index in [1.165, 1.54) is 19.4 Å². The molecule has 7 heteroatoms. The molecular weight excluding hydrogens is 414 g/mol. The van der Waals surface area contributed by atoms with Crippen molar-refractivity contribution in [2.45, 2.75) is 25.8 Å². The number of carbonyl (C=O) groups is 1. The number of likely N-dealkylation sites (N-methyl/N-ethyl adjacent to an activating group) is 1. The zero-order chi connectivity index (χ0) is 22.8. The van der Waals surface area contributed by atoms with Crippen LogP contribution in [-0.4, -0.2) is 83.2 Å². The molecule has 0 saturated carbocycles. The van der Waals surface area contributed by atoms with E-state index >= 15 is 0 Å². The van der Waals surface area contributed by atoms with Crippen molar-refractivity contribution in [3.8, 4) is 22.9 Å². The molecule has 7 nitrogen and oxygen atoms in total. The summed E-state index contributed by atoms with van der Waals surface area (Å²) in [6.07, 6.45) is 2.53. The SMILES string of the molecule is Cc1cccc(-c2nnc(-c3ccc(C(=O)N4CCN(C5CCCN(C)C5)CC4)cc3)o2)c1. The molecule has 0 spiro atoms. The van der Waals surface area contributed by atoms with E-state index in [9.17, 15) is 4.79 Å². The van der Waals surface area contributed by atoms with Gasteiger partial charge in [-0.15, -0.1) is 10.2 Å². The average Bonchev–Trinajstić information content (AvgIpc) is 3.34. The van der Waals surface area contributed by atoms with E-state index in [0.29, 0.717) is 23.4 Å². The normalized spacial score (nSPS) is 20.2. The molecule has 0 aliphatic carbocycles. The summed E-state index contributed by atoms with van der Waals surface area (Å²) in [5, 5.41) is 8.38. The first-order valence-electron chi connectivity index (χ1n) is 11.8. The summed E-state index contributed by atoms with van der Waals surface area (Å²) in [6, 6.07) is 16.1. The molecule has 2 aromatic carbocycles. The second kappa shape index (κ2) is 9.45. The van der Waals surface area contributed by atoms with E-state index in [-0.39, 0.29) is 5.91 Å². The van der Waals surface area contributed by atoms with Crippen molar-refractivity contribution in [1.82, 2.24) is 24.9 Å². The van der Waals surface area contributed by atoms with Crippen molar-refractivity contribution in [2.24, 2.45) is 0 Å². The fourth-order valence-corrected chi connectivity index (χ4v) is 4.90. The summed E-state index contributed by atoms with van der Waals surface area (Å²) in [7, 11) is 2.20. The van der Waals surface area contributed by atoms with Crippen LogP contribution in [0, 0.1) is 6.92 Å². The fourth-order valence-electron chi connectivity index (χ4n) is 4.90. The van der Waals surface area contributed by atoms with E-state index < -0.39 is 0 Å². The molecule has 1 unspecified atom stereocenters. The van der Waals surface area contributed by atoms with Crippen LogP contribution in [0.4, 0.5) is 0 Å². The first kappa shape index (κ1) is 21.8. The third kappa shape index (κ3) is 4.84. The molecule has 3 aromatic rings. The Morgan fingerprint density at radius 2 is 1.67 bits per heavy atom. The second-order valence-corrected chi connectivity index (χ2v) is 9.25. The van der Waals surface area contributed by atoms with Gasteiger partial charge in [-0.3, -0.25) is 9.69 Å². The number of aryl methyl sites for hydroxylation is 1. The van der Waals surface area contributed by atoms with Gasteiger partial charge >= 0.3 is 0 Å². The summed E-state index contributed by atoms with van der Waals surface area (Å²) in [5.41, 5.74) is 3.55. The number of hydrogen-bond acceptors (Lipinski definition) is 6. The molecule has 1 amide bonds. The fraction of sp³-hybridized carbons (Fsp3) is 0.423. The summed E-state index contributed by atoms with van der Waals surface area (Å²) in [4.78, 5) is 20.0. The molecule has 0 radical (unpaired) electrons. The number of benzene rings is 2. The number of carbonyl (C=O) groups excluding carboxylic acids is 1. The van der Waals surface area contributed by atoms with Crippen molar-refractivity contribution in [3.63, 3.8) is 0 Å². The Balaban J connectivity index is 1.21. The number of nitrogens with zero attached hydrogens (tertiary/aromatic N) is 5. The maximum absolute atomic E-state index is 13.1. The summed E-state index contributed by atoms with van der Waals surface area (Å²) < 4.78 is 5.88. The van der Waals surface area contributed by atoms with Crippen LogP contribution in [0.2, 0.25) is 0 Å². The summed E-state index contributed by atoms with van der Waals surface area (Å²) in [5.74, 6) is 1.04. The second-order valence-electron chi connectivity index (χ2n) is 9.25. The minimum absolute atomic E-state index is 0.0907. The molecule has 172 valence electrons. The topological polar surface area (TPSA) is 65.7 Å². The predicted octanol–water partition coefficient (Wildman–Crippen LogP) is 3.56. The van der Waals surface area contributed by atoms with Crippen molar-refractivity contribution in [3.05, 3.63) is 59.7 Å². The van der Waals surface area contributed by atoms with E-state index in [1.54, 1.807) is 0 Å². The number of amides is 1. The van der Waals surface area contributed by atoms with Crippen molar-refractivity contribution in [1.29, 1.82) is 0 Å². The molecule has 0 bridgehead atoms. The minimum Gasteiger partial charge on any atom is -0.416 e. The van der Waals surface area contributed by atoms with E-state index in [2.05, 4.69) is 27.0 Å². The standard InChI is InChI=1S/C26H31N5O2/c1-19-5-3-6-22(17-19)25-28-27-24(33-25)20-8-10-21(11-9-20)26(32)31-15-13-30(14-16-31)23-7-4-12-29(2)18-23/h3,5-6,8-11,17,23H,4,7,12-16,18H2,1-2H3. The third-order valence-electron chi connectivity index (χ3n) is 6.79. The monoisotopic (exact) mass is 445 g/mol. The van der Waals surface area contributed by atoms with Crippen LogP contribution in [0.1, 0.15) is 28.8 Å². The number of piperazine rings is 1. The van der Waals surface area contributed by atoms with Gasteiger partial charge in [0, 0.05) is 55.5 Å². The Labute approximate surface area is 195 Å². The van der Waals surface area contributed by atoms with Crippen LogP contribution in [0.5, 0.6) is 0 Å². The van der Waals surface area contributed by atoms with E-state index in [1.807, 2.05) is 60.4 Å². The first-order valence-corrected chi connectivity index (χ1v) is 11.8. The van der Waals surface area contributed by atoms with Crippen LogP contribution in [0.3, 0.4) is 0 Å². The van der Waals surface area contributed by atoms with Crippen LogP contribution in [0.15, 0.2) is 52.9 Å². The molecule has 1 aromatic heterocycles. The van der Waals surface area contributed by atoms with Gasteiger partial charge in [0.25, 0.3) is 5.91 Å². The molecule has 1 atom stereocenters. The van der Waals surface area contributed by atoms with Gasteiger partial charge in [-0.1, -0.05) is 17.7 Å². The molecular formula is C26H31N5O2. The maximum atomic E-state index is 13.1. The van der Waals surface area contributed by atoms with Crippen LogP contribution < -0.4 is 0 Å². The highest BCUT2D eigenvalue weighted by Crippen LogP contribution is 2.25. The maximum Gasteiger partial charge on any atom is 0.253 e. The highest BCUT2D eigenvalue weighted by Gasteiger charge is 2.28. The molecule has 2 saturated heterocycles. The largest absolute Gasteiger partial charge is 0.416 e. The van der Waals surface area contributed by atoms with Gasteiger partial charge in [0.1, 0.15) is 0 Å². The average molecular weight is 446 g/mol. The Morgan fingerprint density at radius 3 is 2.36 bits per heavy atom. The van der Waals surface area contributed by atoms with Crippen LogP contribution >= 0.6 is 0 Å². The Kier molecular flexibility index (Phi) is 6.24. The first-order chi connectivity index (χ1) is 16.1. The van der Waals surface area contributed by atoms with E-state index in [4.69, 9.17) is 4.42 Å². The summed E-state index contributed by atoms with van der Waals surface area (Å²) in [6.45, 7) is 7.83. The van der Waals surface area contributed by atoms with E-state index in [0.717, 1.165) is 49.4 Å². The van der Waals surface area contributed by atoms with Gasteiger partial charge in [-0.05, 0) is 69.8 Å². The Morgan fingerprint density at radius 1 is 0.939 bits per heavy atom. The van der Waals surface area contributed by atoms with Gasteiger partial charge in [0.15, 0.2) is 0 Å². The molecule has 2 aliphatic rings. The predicted molar refractivity (Wildman–Crippen MR) is 128 cm³/mol. The van der Waals surface area contributed by atoms with Gasteiger partial charge in [0.2, 0.25) is 11.8 Å². The quantitative estimate of drug-likeness (QED) is 0.612. The molecule has 2 aliphatic heterocycles. The van der Waals surface area contributed by atoms with Gasteiger partial charge in [-0.25, -0.2) is 0 Å². The lowest BCUT2D eigenvalue weighted by Gasteiger charge is -2.42. The number of piperidine rings is 1. The number of likely N-dealkylation sites (tertiary alicyclic amines) is 1. The Bertz CT molecular complexity index is 1100. The van der Waals surface area contributed by atoms with Gasteiger partial charge < -0.3 is 14.2 Å². The minimum atomic E-state index is 0.0907. The molecule has 2 fully saturated rings. The molecule has 5 rings (SSSR count). The van der Waals surface area contributed by atoms with Gasteiger partial charge in [0.05, 0.1) is 0 Å². The smallest absolute Gasteiger partial charge is 0.253 e. The van der Waals surface area contributed by atoms with Crippen molar-refractivity contribution < 1.29 is 9.21 Å². The number of rotatable bonds is 4. The third-order valence-corrected chi connectivity index (χ3v) is 6.79. The lowest BCUT2D eigenvalue weighted by Crippen LogP contribution is -2.55. The van der Waals surface area contributed by atoms with Crippen molar-refractivity contribution >= 4 is 5.91 Å². The van der Waals surface area contributed by atoms with Gasteiger partial charge in [-0.2, -0.15) is 0 Å². The Hall–Kier alpha value is -3.03. The summed E-state index contributed by atoms with van der Waals surface area (Å²) >= 11 is 0.